The molecule has 0 aromatic carbocycles. The van der Waals surface area contributed by atoms with Crippen LogP contribution in [0.5, 0.6) is 0 Å². The summed E-state index contributed by atoms with van der Waals surface area (Å²) in [4.78, 5) is 7.61. The van der Waals surface area contributed by atoms with E-state index in [0.29, 0.717) is 0 Å². The summed E-state index contributed by atoms with van der Waals surface area (Å²) in [5, 5.41) is 2.85. The number of rotatable bonds is 1. The molecule has 0 radical (unpaired) electrons. The van der Waals surface area contributed by atoms with E-state index in [-0.39, 0.29) is 0 Å². The standard InChI is InChI=1S/C5H11N3/c1-6-4-5(7-2)8-3/h4H,1-3H3,(H,7,8). The molecule has 0 rings (SSSR count). The normalized spacial score (nSPS) is 12.6. The molecule has 0 saturated carbocycles. The van der Waals surface area contributed by atoms with E-state index < -0.39 is 0 Å². The molecule has 0 aliphatic heterocycles. The van der Waals surface area contributed by atoms with Gasteiger partial charge in [-0.2, -0.15) is 0 Å². The van der Waals surface area contributed by atoms with E-state index in [0.717, 1.165) is 5.84 Å². The molecule has 46 valence electrons. The zero-order valence-electron chi connectivity index (χ0n) is 5.47. The van der Waals surface area contributed by atoms with Crippen molar-refractivity contribution >= 4 is 12.1 Å². The Kier molecular flexibility index (Phi) is 3.84. The summed E-state index contributed by atoms with van der Waals surface area (Å²) in [6.45, 7) is 0. The van der Waals surface area contributed by atoms with Crippen molar-refractivity contribution in [3.8, 4) is 0 Å². The summed E-state index contributed by atoms with van der Waals surface area (Å²) < 4.78 is 0. The quantitative estimate of drug-likeness (QED) is 0.375. The summed E-state index contributed by atoms with van der Waals surface area (Å²) in [5.41, 5.74) is 0. The van der Waals surface area contributed by atoms with Crippen molar-refractivity contribution in [1.82, 2.24) is 5.32 Å². The maximum atomic E-state index is 3.85. The van der Waals surface area contributed by atoms with Crippen molar-refractivity contribution in [3.63, 3.8) is 0 Å². The van der Waals surface area contributed by atoms with E-state index in [1.165, 1.54) is 0 Å². The van der Waals surface area contributed by atoms with Crippen molar-refractivity contribution in [2.24, 2.45) is 9.98 Å². The number of hydrogen-bond acceptors (Lipinski definition) is 2. The van der Waals surface area contributed by atoms with Gasteiger partial charge in [0, 0.05) is 21.1 Å². The summed E-state index contributed by atoms with van der Waals surface area (Å²) in [6, 6.07) is 0. The van der Waals surface area contributed by atoms with Gasteiger partial charge in [-0.25, -0.2) is 0 Å². The lowest BCUT2D eigenvalue weighted by molar-refractivity contribution is 1.17. The number of nitrogens with one attached hydrogen (secondary N) is 1. The minimum atomic E-state index is 0.799. The molecule has 0 unspecified atom stereocenters. The molecule has 0 fully saturated rings. The molecule has 3 nitrogen and oxygen atoms in total. The summed E-state index contributed by atoms with van der Waals surface area (Å²) in [7, 11) is 5.24. The van der Waals surface area contributed by atoms with Gasteiger partial charge in [-0.3, -0.25) is 9.98 Å². The zero-order valence-corrected chi connectivity index (χ0v) is 5.47. The first-order valence-electron chi connectivity index (χ1n) is 2.41. The van der Waals surface area contributed by atoms with Crippen molar-refractivity contribution in [1.29, 1.82) is 0 Å². The highest BCUT2D eigenvalue weighted by atomic mass is 15.0. The largest absolute Gasteiger partial charge is 0.372 e. The zero-order chi connectivity index (χ0) is 6.41. The third-order valence-corrected chi connectivity index (χ3v) is 0.748. The van der Waals surface area contributed by atoms with E-state index >= 15 is 0 Å². The molecule has 0 atom stereocenters. The van der Waals surface area contributed by atoms with Crippen LogP contribution in [0.2, 0.25) is 0 Å². The average Bonchev–Trinajstić information content (AvgIpc) is 1.83. The maximum absolute atomic E-state index is 3.85. The van der Waals surface area contributed by atoms with Gasteiger partial charge in [-0.1, -0.05) is 0 Å². The van der Waals surface area contributed by atoms with Gasteiger partial charge >= 0.3 is 0 Å². The molecular weight excluding hydrogens is 102 g/mol. The molecular formula is C5H11N3. The number of hydrogen-bond donors (Lipinski definition) is 1. The van der Waals surface area contributed by atoms with Crippen molar-refractivity contribution in [2.75, 3.05) is 21.1 Å². The minimum absolute atomic E-state index is 0.799. The second kappa shape index (κ2) is 4.30. The van der Waals surface area contributed by atoms with Gasteiger partial charge in [0.05, 0.1) is 6.21 Å². The molecule has 0 aromatic rings. The van der Waals surface area contributed by atoms with Gasteiger partial charge in [-0.15, -0.1) is 0 Å². The highest BCUT2D eigenvalue weighted by molar-refractivity contribution is 6.29. The smallest absolute Gasteiger partial charge is 0.138 e. The topological polar surface area (TPSA) is 36.8 Å². The van der Waals surface area contributed by atoms with Crippen LogP contribution < -0.4 is 5.32 Å². The van der Waals surface area contributed by atoms with Crippen LogP contribution in [-0.2, 0) is 0 Å². The Morgan fingerprint density at radius 2 is 2.12 bits per heavy atom. The third-order valence-electron chi connectivity index (χ3n) is 0.748. The second-order valence-electron chi connectivity index (χ2n) is 1.25. The van der Waals surface area contributed by atoms with Gasteiger partial charge in [0.25, 0.3) is 0 Å². The first kappa shape index (κ1) is 7.14. The molecule has 0 bridgehead atoms. The van der Waals surface area contributed by atoms with Crippen LogP contribution in [0.3, 0.4) is 0 Å². The lowest BCUT2D eigenvalue weighted by Gasteiger charge is -1.92. The van der Waals surface area contributed by atoms with Crippen molar-refractivity contribution in [3.05, 3.63) is 0 Å². The fraction of sp³-hybridized carbons (Fsp3) is 0.600. The molecule has 8 heavy (non-hydrogen) atoms. The fourth-order valence-electron chi connectivity index (χ4n) is 0.356. The van der Waals surface area contributed by atoms with Gasteiger partial charge in [-0.05, 0) is 0 Å². The van der Waals surface area contributed by atoms with Crippen LogP contribution in [0.1, 0.15) is 0 Å². The molecule has 0 spiro atoms. The number of nitrogens with zero attached hydrogens (tertiary/aromatic N) is 2. The van der Waals surface area contributed by atoms with Crippen LogP contribution in [0.4, 0.5) is 0 Å². The first-order valence-corrected chi connectivity index (χ1v) is 2.41. The van der Waals surface area contributed by atoms with E-state index in [1.807, 2.05) is 7.05 Å². The molecule has 0 saturated heterocycles. The predicted octanol–water partition coefficient (Wildman–Crippen LogP) is -0.0653. The molecule has 0 heterocycles. The molecule has 0 amide bonds. The maximum Gasteiger partial charge on any atom is 0.138 e. The summed E-state index contributed by atoms with van der Waals surface area (Å²) in [5.74, 6) is 0.799. The predicted molar refractivity (Wildman–Crippen MR) is 36.8 cm³/mol. The van der Waals surface area contributed by atoms with Gasteiger partial charge in [0.1, 0.15) is 5.84 Å². The van der Waals surface area contributed by atoms with Crippen LogP contribution in [-0.4, -0.2) is 33.2 Å². The lowest BCUT2D eigenvalue weighted by atomic mass is 10.6. The summed E-state index contributed by atoms with van der Waals surface area (Å²) in [6.07, 6.45) is 1.67. The number of amidine groups is 1. The fourth-order valence-corrected chi connectivity index (χ4v) is 0.356. The Morgan fingerprint density at radius 1 is 1.50 bits per heavy atom. The Labute approximate surface area is 49.5 Å². The monoisotopic (exact) mass is 113 g/mol. The van der Waals surface area contributed by atoms with Crippen molar-refractivity contribution < 1.29 is 0 Å². The molecule has 0 aromatic heterocycles. The Hall–Kier alpha value is -0.860. The highest BCUT2D eigenvalue weighted by Gasteiger charge is 1.80. The van der Waals surface area contributed by atoms with Gasteiger partial charge < -0.3 is 5.32 Å². The minimum Gasteiger partial charge on any atom is -0.372 e. The third kappa shape index (κ3) is 2.34. The van der Waals surface area contributed by atoms with Crippen LogP contribution in [0, 0.1) is 0 Å². The SMILES string of the molecule is CN=CC(=NC)NC. The van der Waals surface area contributed by atoms with Crippen LogP contribution in [0.25, 0.3) is 0 Å². The Morgan fingerprint density at radius 3 is 2.25 bits per heavy atom. The number of aliphatic imine (C=N–C) groups is 2. The van der Waals surface area contributed by atoms with Crippen LogP contribution in [0.15, 0.2) is 9.98 Å². The van der Waals surface area contributed by atoms with Crippen molar-refractivity contribution in [2.45, 2.75) is 0 Å². The highest BCUT2D eigenvalue weighted by Crippen LogP contribution is 1.62. The molecule has 3 heteroatoms. The first-order chi connectivity index (χ1) is 3.85. The van der Waals surface area contributed by atoms with Gasteiger partial charge in [0.15, 0.2) is 0 Å². The average molecular weight is 113 g/mol. The van der Waals surface area contributed by atoms with Gasteiger partial charge in [0.2, 0.25) is 0 Å². The van der Waals surface area contributed by atoms with E-state index in [4.69, 9.17) is 0 Å². The Bertz CT molecular complexity index is 101. The summed E-state index contributed by atoms with van der Waals surface area (Å²) >= 11 is 0. The van der Waals surface area contributed by atoms with E-state index in [1.54, 1.807) is 20.3 Å². The van der Waals surface area contributed by atoms with E-state index in [2.05, 4.69) is 15.3 Å². The van der Waals surface area contributed by atoms with E-state index in [9.17, 15) is 0 Å². The van der Waals surface area contributed by atoms with Crippen LogP contribution >= 0.6 is 0 Å². The lowest BCUT2D eigenvalue weighted by Crippen LogP contribution is -2.18. The molecule has 0 aliphatic carbocycles. The second-order valence-corrected chi connectivity index (χ2v) is 1.25. The molecule has 1 N–H and O–H groups in total. The Balaban J connectivity index is 3.72. The molecule has 0 aliphatic rings.